The Bertz CT molecular complexity index is 1060. The molecule has 0 spiro atoms. The van der Waals surface area contributed by atoms with Gasteiger partial charge in [0.25, 0.3) is 10.0 Å². The van der Waals surface area contributed by atoms with Crippen molar-refractivity contribution < 1.29 is 17.9 Å². The Hall–Kier alpha value is -2.52. The molecule has 0 atom stereocenters. The third kappa shape index (κ3) is 3.52. The summed E-state index contributed by atoms with van der Waals surface area (Å²) in [6.45, 7) is 4.83. The molecular formula is C18H19N3O4S2. The zero-order valence-corrected chi connectivity index (χ0v) is 16.5. The molecule has 0 aliphatic carbocycles. The summed E-state index contributed by atoms with van der Waals surface area (Å²) in [5.74, 6) is 1.13. The quantitative estimate of drug-likeness (QED) is 0.699. The molecule has 4 rings (SSSR count). The van der Waals surface area contributed by atoms with Gasteiger partial charge in [0.2, 0.25) is 0 Å². The second kappa shape index (κ2) is 6.90. The van der Waals surface area contributed by atoms with Crippen molar-refractivity contribution in [1.82, 2.24) is 9.78 Å². The molecule has 0 saturated carbocycles. The maximum Gasteiger partial charge on any atom is 0.265 e. The van der Waals surface area contributed by atoms with E-state index in [4.69, 9.17) is 9.47 Å². The van der Waals surface area contributed by atoms with Crippen LogP contribution in [0.3, 0.4) is 0 Å². The van der Waals surface area contributed by atoms with Gasteiger partial charge < -0.3 is 9.47 Å². The standard InChI is InChI=1S/C18H19N3O4S2/c1-12(2)21-11-17(18(19-21)16-4-3-9-26-16)27(22,23)20-13-5-6-14-15(10-13)25-8-7-24-14/h3-6,9-12,20H,7-8H2,1-2H3. The van der Waals surface area contributed by atoms with Gasteiger partial charge in [0.05, 0.1) is 10.6 Å². The van der Waals surface area contributed by atoms with Crippen LogP contribution in [0.25, 0.3) is 10.6 Å². The van der Waals surface area contributed by atoms with Gasteiger partial charge in [-0.05, 0) is 37.4 Å². The summed E-state index contributed by atoms with van der Waals surface area (Å²) in [5, 5.41) is 6.39. The Morgan fingerprint density at radius 3 is 2.67 bits per heavy atom. The third-order valence-electron chi connectivity index (χ3n) is 4.07. The normalized spacial score (nSPS) is 13.7. The monoisotopic (exact) mass is 405 g/mol. The SMILES string of the molecule is CC(C)n1cc(S(=O)(=O)Nc2ccc3c(c2)OCCO3)c(-c2cccs2)n1. The van der Waals surface area contributed by atoms with E-state index in [-0.39, 0.29) is 10.9 Å². The summed E-state index contributed by atoms with van der Waals surface area (Å²) >= 11 is 1.45. The number of nitrogens with one attached hydrogen (secondary N) is 1. The van der Waals surface area contributed by atoms with Crippen molar-refractivity contribution in [3.05, 3.63) is 41.9 Å². The van der Waals surface area contributed by atoms with Gasteiger partial charge in [-0.15, -0.1) is 11.3 Å². The molecule has 9 heteroatoms. The Morgan fingerprint density at radius 1 is 1.19 bits per heavy atom. The first-order valence-corrected chi connectivity index (χ1v) is 10.9. The summed E-state index contributed by atoms with van der Waals surface area (Å²) < 4.78 is 41.5. The Morgan fingerprint density at radius 2 is 1.96 bits per heavy atom. The van der Waals surface area contributed by atoms with Crippen molar-refractivity contribution in [1.29, 1.82) is 0 Å². The Balaban J connectivity index is 1.72. The number of rotatable bonds is 5. The minimum Gasteiger partial charge on any atom is -0.486 e. The topological polar surface area (TPSA) is 82.5 Å². The molecule has 0 bridgehead atoms. The highest BCUT2D eigenvalue weighted by atomic mass is 32.2. The second-order valence-corrected chi connectivity index (χ2v) is 8.96. The van der Waals surface area contributed by atoms with E-state index >= 15 is 0 Å². The van der Waals surface area contributed by atoms with Crippen molar-refractivity contribution in [2.75, 3.05) is 17.9 Å². The van der Waals surface area contributed by atoms with Gasteiger partial charge in [-0.2, -0.15) is 5.10 Å². The van der Waals surface area contributed by atoms with E-state index in [1.165, 1.54) is 11.3 Å². The molecule has 3 aromatic rings. The van der Waals surface area contributed by atoms with Gasteiger partial charge in [0.15, 0.2) is 11.5 Å². The highest BCUT2D eigenvalue weighted by Gasteiger charge is 2.25. The number of nitrogens with zero attached hydrogens (tertiary/aromatic N) is 2. The van der Waals surface area contributed by atoms with Gasteiger partial charge in [-0.25, -0.2) is 8.42 Å². The number of sulfonamides is 1. The molecule has 27 heavy (non-hydrogen) atoms. The van der Waals surface area contributed by atoms with Crippen LogP contribution in [-0.2, 0) is 10.0 Å². The lowest BCUT2D eigenvalue weighted by Crippen LogP contribution is -2.17. The average Bonchev–Trinajstić information content (AvgIpc) is 3.31. The Labute approximate surface area is 161 Å². The van der Waals surface area contributed by atoms with E-state index in [9.17, 15) is 8.42 Å². The fraction of sp³-hybridized carbons (Fsp3) is 0.278. The molecule has 142 valence electrons. The predicted molar refractivity (Wildman–Crippen MR) is 104 cm³/mol. The summed E-state index contributed by atoms with van der Waals surface area (Å²) in [5.41, 5.74) is 0.859. The van der Waals surface area contributed by atoms with Crippen LogP contribution in [0.5, 0.6) is 11.5 Å². The number of ether oxygens (including phenoxy) is 2. The van der Waals surface area contributed by atoms with Crippen LogP contribution < -0.4 is 14.2 Å². The molecule has 0 unspecified atom stereocenters. The largest absolute Gasteiger partial charge is 0.486 e. The molecule has 1 aliphatic rings. The molecule has 1 aliphatic heterocycles. The van der Waals surface area contributed by atoms with Gasteiger partial charge in [0.1, 0.15) is 23.8 Å². The van der Waals surface area contributed by atoms with E-state index in [0.717, 1.165) is 4.88 Å². The zero-order chi connectivity index (χ0) is 19.0. The summed E-state index contributed by atoms with van der Waals surface area (Å²) in [4.78, 5) is 0.950. The van der Waals surface area contributed by atoms with Gasteiger partial charge >= 0.3 is 0 Å². The molecule has 1 N–H and O–H groups in total. The zero-order valence-electron chi connectivity index (χ0n) is 14.9. The third-order valence-corrected chi connectivity index (χ3v) is 6.32. The van der Waals surface area contributed by atoms with Crippen molar-refractivity contribution in [2.24, 2.45) is 0 Å². The van der Waals surface area contributed by atoms with Gasteiger partial charge in [0, 0.05) is 18.3 Å². The van der Waals surface area contributed by atoms with Crippen molar-refractivity contribution in [3.8, 4) is 22.1 Å². The lowest BCUT2D eigenvalue weighted by molar-refractivity contribution is 0.171. The molecule has 3 heterocycles. The second-order valence-electron chi connectivity index (χ2n) is 6.36. The molecular weight excluding hydrogens is 386 g/mol. The van der Waals surface area contributed by atoms with Crippen molar-refractivity contribution in [2.45, 2.75) is 24.8 Å². The first-order valence-electron chi connectivity index (χ1n) is 8.49. The van der Waals surface area contributed by atoms with E-state index in [0.29, 0.717) is 36.1 Å². The number of benzene rings is 1. The molecule has 2 aromatic heterocycles. The highest BCUT2D eigenvalue weighted by molar-refractivity contribution is 7.92. The lowest BCUT2D eigenvalue weighted by Gasteiger charge is -2.19. The predicted octanol–water partition coefficient (Wildman–Crippen LogP) is 3.76. The van der Waals surface area contributed by atoms with Crippen LogP contribution in [-0.4, -0.2) is 31.4 Å². The number of anilines is 1. The van der Waals surface area contributed by atoms with E-state index in [1.54, 1.807) is 29.1 Å². The molecule has 7 nitrogen and oxygen atoms in total. The first kappa shape index (κ1) is 17.9. The molecule has 0 amide bonds. The number of thiophene rings is 1. The minimum atomic E-state index is -3.83. The average molecular weight is 406 g/mol. The van der Waals surface area contributed by atoms with Crippen molar-refractivity contribution >= 4 is 27.0 Å². The van der Waals surface area contributed by atoms with Crippen LogP contribution in [0.4, 0.5) is 5.69 Å². The van der Waals surface area contributed by atoms with Crippen LogP contribution in [0.2, 0.25) is 0 Å². The maximum absolute atomic E-state index is 13.1. The fourth-order valence-corrected chi connectivity index (χ4v) is 4.72. The summed E-state index contributed by atoms with van der Waals surface area (Å²) in [6.07, 6.45) is 1.57. The lowest BCUT2D eigenvalue weighted by atomic mass is 10.3. The van der Waals surface area contributed by atoms with Crippen LogP contribution in [0.15, 0.2) is 46.8 Å². The number of hydrogen-bond donors (Lipinski definition) is 1. The molecule has 0 fully saturated rings. The van der Waals surface area contributed by atoms with Crippen LogP contribution >= 0.6 is 11.3 Å². The molecule has 0 saturated heterocycles. The van der Waals surface area contributed by atoms with E-state index < -0.39 is 10.0 Å². The number of aromatic nitrogens is 2. The molecule has 0 radical (unpaired) electrons. The van der Waals surface area contributed by atoms with Gasteiger partial charge in [-0.3, -0.25) is 9.40 Å². The number of hydrogen-bond acceptors (Lipinski definition) is 6. The van der Waals surface area contributed by atoms with Crippen LogP contribution in [0, 0.1) is 0 Å². The smallest absolute Gasteiger partial charge is 0.265 e. The summed E-state index contributed by atoms with van der Waals surface area (Å²) in [7, 11) is -3.83. The van der Waals surface area contributed by atoms with Crippen LogP contribution in [0.1, 0.15) is 19.9 Å². The van der Waals surface area contributed by atoms with Gasteiger partial charge in [-0.1, -0.05) is 6.07 Å². The van der Waals surface area contributed by atoms with E-state index in [1.807, 2.05) is 31.4 Å². The fourth-order valence-electron chi connectivity index (χ4n) is 2.74. The molecule has 1 aromatic carbocycles. The Kier molecular flexibility index (Phi) is 4.56. The maximum atomic E-state index is 13.1. The number of fused-ring (bicyclic) bond motifs is 1. The van der Waals surface area contributed by atoms with E-state index in [2.05, 4.69) is 9.82 Å². The first-order chi connectivity index (χ1) is 12.9. The summed E-state index contributed by atoms with van der Waals surface area (Å²) in [6, 6.07) is 8.76. The van der Waals surface area contributed by atoms with Crippen molar-refractivity contribution in [3.63, 3.8) is 0 Å². The minimum absolute atomic E-state index is 0.0435. The highest BCUT2D eigenvalue weighted by Crippen LogP contribution is 2.35.